The van der Waals surface area contributed by atoms with Gasteiger partial charge in [0.25, 0.3) is 0 Å². The SMILES string of the molecule is CC1(O)CCC(C(=O)O)NC1. The zero-order valence-electron chi connectivity index (χ0n) is 6.50. The summed E-state index contributed by atoms with van der Waals surface area (Å²) in [5.74, 6) is -0.833. The fourth-order valence-corrected chi connectivity index (χ4v) is 1.20. The Kier molecular flexibility index (Phi) is 2.15. The second kappa shape index (κ2) is 2.79. The van der Waals surface area contributed by atoms with Crippen LogP contribution in [0, 0.1) is 0 Å². The summed E-state index contributed by atoms with van der Waals surface area (Å²) in [5, 5.41) is 20.7. The van der Waals surface area contributed by atoms with Gasteiger partial charge in [0.15, 0.2) is 0 Å². The van der Waals surface area contributed by atoms with E-state index in [1.54, 1.807) is 6.92 Å². The first-order chi connectivity index (χ1) is 5.01. The van der Waals surface area contributed by atoms with Gasteiger partial charge in [-0.05, 0) is 19.8 Å². The van der Waals surface area contributed by atoms with E-state index in [9.17, 15) is 9.90 Å². The lowest BCUT2D eigenvalue weighted by molar-refractivity contribution is -0.141. The van der Waals surface area contributed by atoms with Crippen LogP contribution in [0.5, 0.6) is 0 Å². The Hall–Kier alpha value is -0.610. The van der Waals surface area contributed by atoms with Crippen molar-refractivity contribution < 1.29 is 15.0 Å². The van der Waals surface area contributed by atoms with Crippen molar-refractivity contribution in [2.24, 2.45) is 0 Å². The summed E-state index contributed by atoms with van der Waals surface area (Å²) in [6.07, 6.45) is 1.05. The highest BCUT2D eigenvalue weighted by Gasteiger charge is 2.31. The zero-order chi connectivity index (χ0) is 8.48. The smallest absolute Gasteiger partial charge is 0.320 e. The van der Waals surface area contributed by atoms with Gasteiger partial charge in [0.1, 0.15) is 6.04 Å². The second-order valence-electron chi connectivity index (χ2n) is 3.31. The normalized spacial score (nSPS) is 38.5. The average Bonchev–Trinajstić information content (AvgIpc) is 1.86. The summed E-state index contributed by atoms with van der Waals surface area (Å²) in [6, 6.07) is -0.477. The lowest BCUT2D eigenvalue weighted by atomic mass is 9.92. The van der Waals surface area contributed by atoms with Crippen LogP contribution in [-0.4, -0.2) is 34.4 Å². The number of carboxylic acid groups (broad SMARTS) is 1. The molecule has 0 spiro atoms. The lowest BCUT2D eigenvalue weighted by Gasteiger charge is -2.32. The Balaban J connectivity index is 2.42. The van der Waals surface area contributed by atoms with Crippen molar-refractivity contribution in [3.05, 3.63) is 0 Å². The highest BCUT2D eigenvalue weighted by atomic mass is 16.4. The molecule has 1 aliphatic heterocycles. The van der Waals surface area contributed by atoms with Crippen LogP contribution in [0.1, 0.15) is 19.8 Å². The molecule has 64 valence electrons. The van der Waals surface area contributed by atoms with Gasteiger partial charge in [-0.25, -0.2) is 0 Å². The van der Waals surface area contributed by atoms with Crippen molar-refractivity contribution in [2.75, 3.05) is 6.54 Å². The molecule has 0 aromatic rings. The van der Waals surface area contributed by atoms with Crippen molar-refractivity contribution in [3.8, 4) is 0 Å². The van der Waals surface area contributed by atoms with Crippen LogP contribution in [0.4, 0.5) is 0 Å². The molecule has 0 saturated carbocycles. The third-order valence-electron chi connectivity index (χ3n) is 2.00. The standard InChI is InChI=1S/C7H13NO3/c1-7(11)3-2-5(6(9)10)8-4-7/h5,8,11H,2-4H2,1H3,(H,9,10). The predicted molar refractivity (Wildman–Crippen MR) is 39.3 cm³/mol. The molecule has 11 heavy (non-hydrogen) atoms. The Morgan fingerprint density at radius 1 is 1.73 bits per heavy atom. The van der Waals surface area contributed by atoms with Crippen LogP contribution < -0.4 is 5.32 Å². The number of carbonyl (C=O) groups is 1. The van der Waals surface area contributed by atoms with Gasteiger partial charge in [-0.3, -0.25) is 4.79 Å². The van der Waals surface area contributed by atoms with Crippen molar-refractivity contribution >= 4 is 5.97 Å². The van der Waals surface area contributed by atoms with Gasteiger partial charge in [-0.1, -0.05) is 0 Å². The summed E-state index contributed by atoms with van der Waals surface area (Å²) in [5.41, 5.74) is -0.730. The number of piperidine rings is 1. The Labute approximate surface area is 65.2 Å². The third-order valence-corrected chi connectivity index (χ3v) is 2.00. The molecule has 2 unspecified atom stereocenters. The summed E-state index contributed by atoms with van der Waals surface area (Å²) in [6.45, 7) is 2.07. The zero-order valence-corrected chi connectivity index (χ0v) is 6.50. The van der Waals surface area contributed by atoms with Gasteiger partial charge in [-0.2, -0.15) is 0 Å². The van der Waals surface area contributed by atoms with Crippen LogP contribution >= 0.6 is 0 Å². The van der Waals surface area contributed by atoms with E-state index in [1.807, 2.05) is 0 Å². The minimum absolute atomic E-state index is 0.365. The van der Waals surface area contributed by atoms with E-state index in [-0.39, 0.29) is 0 Å². The summed E-state index contributed by atoms with van der Waals surface area (Å²) in [7, 11) is 0. The maximum atomic E-state index is 10.4. The second-order valence-corrected chi connectivity index (χ2v) is 3.31. The summed E-state index contributed by atoms with van der Waals surface area (Å²) < 4.78 is 0. The molecule has 1 rings (SSSR count). The molecule has 1 heterocycles. The van der Waals surface area contributed by atoms with E-state index in [1.165, 1.54) is 0 Å². The molecule has 4 nitrogen and oxygen atoms in total. The largest absolute Gasteiger partial charge is 0.480 e. The number of β-amino-alcohol motifs (C(OH)–C–C–N with tert-alkyl or cyclic N) is 1. The van der Waals surface area contributed by atoms with Crippen molar-refractivity contribution in [1.82, 2.24) is 5.32 Å². The highest BCUT2D eigenvalue weighted by molar-refractivity contribution is 5.73. The quantitative estimate of drug-likeness (QED) is 0.485. The molecule has 1 fully saturated rings. The van der Waals surface area contributed by atoms with E-state index in [4.69, 9.17) is 5.11 Å². The number of rotatable bonds is 1. The molecule has 0 amide bonds. The van der Waals surface area contributed by atoms with Gasteiger partial charge in [0.2, 0.25) is 0 Å². The van der Waals surface area contributed by atoms with Crippen molar-refractivity contribution in [3.63, 3.8) is 0 Å². The number of hydrogen-bond donors (Lipinski definition) is 3. The van der Waals surface area contributed by atoms with Crippen molar-refractivity contribution in [2.45, 2.75) is 31.4 Å². The van der Waals surface area contributed by atoms with Crippen LogP contribution in [0.3, 0.4) is 0 Å². The number of aliphatic carboxylic acids is 1. The molecule has 3 N–H and O–H groups in total. The van der Waals surface area contributed by atoms with Gasteiger partial charge >= 0.3 is 5.97 Å². The lowest BCUT2D eigenvalue weighted by Crippen LogP contribution is -2.51. The van der Waals surface area contributed by atoms with E-state index in [0.29, 0.717) is 19.4 Å². The maximum absolute atomic E-state index is 10.4. The third kappa shape index (κ3) is 2.17. The monoisotopic (exact) mass is 159 g/mol. The van der Waals surface area contributed by atoms with E-state index in [0.717, 1.165) is 0 Å². The van der Waals surface area contributed by atoms with E-state index < -0.39 is 17.6 Å². The molecule has 2 atom stereocenters. The number of nitrogens with one attached hydrogen (secondary N) is 1. The molecule has 4 heteroatoms. The van der Waals surface area contributed by atoms with Crippen LogP contribution in [0.25, 0.3) is 0 Å². The molecule has 0 radical (unpaired) electrons. The van der Waals surface area contributed by atoms with Crippen LogP contribution in [0.15, 0.2) is 0 Å². The summed E-state index contributed by atoms with van der Waals surface area (Å²) in [4.78, 5) is 10.4. The van der Waals surface area contributed by atoms with Gasteiger partial charge in [0.05, 0.1) is 5.60 Å². The molecule has 1 saturated heterocycles. The van der Waals surface area contributed by atoms with Crippen LogP contribution in [0.2, 0.25) is 0 Å². The predicted octanol–water partition coefficient (Wildman–Crippen LogP) is -0.426. The Bertz CT molecular complexity index is 157. The number of hydrogen-bond acceptors (Lipinski definition) is 3. The van der Waals surface area contributed by atoms with Gasteiger partial charge in [0, 0.05) is 6.54 Å². The first-order valence-corrected chi connectivity index (χ1v) is 3.70. The molecular weight excluding hydrogens is 146 g/mol. The molecule has 0 aromatic carbocycles. The van der Waals surface area contributed by atoms with E-state index >= 15 is 0 Å². The molecule has 0 aliphatic carbocycles. The van der Waals surface area contributed by atoms with Gasteiger partial charge in [-0.15, -0.1) is 0 Å². The molecule has 0 aromatic heterocycles. The number of aliphatic hydroxyl groups is 1. The van der Waals surface area contributed by atoms with Crippen LogP contribution in [-0.2, 0) is 4.79 Å². The fraction of sp³-hybridized carbons (Fsp3) is 0.857. The molecule has 0 bridgehead atoms. The van der Waals surface area contributed by atoms with Gasteiger partial charge < -0.3 is 15.5 Å². The molecule has 1 aliphatic rings. The highest BCUT2D eigenvalue weighted by Crippen LogP contribution is 2.17. The fourth-order valence-electron chi connectivity index (χ4n) is 1.20. The average molecular weight is 159 g/mol. The Morgan fingerprint density at radius 3 is 2.73 bits per heavy atom. The minimum atomic E-state index is -0.833. The first kappa shape index (κ1) is 8.49. The first-order valence-electron chi connectivity index (χ1n) is 3.70. The van der Waals surface area contributed by atoms with E-state index in [2.05, 4.69) is 5.32 Å². The summed E-state index contributed by atoms with van der Waals surface area (Å²) >= 11 is 0. The van der Waals surface area contributed by atoms with Crippen molar-refractivity contribution in [1.29, 1.82) is 0 Å². The Morgan fingerprint density at radius 2 is 2.36 bits per heavy atom. The number of carboxylic acids is 1. The minimum Gasteiger partial charge on any atom is -0.480 e. The maximum Gasteiger partial charge on any atom is 0.320 e. The topological polar surface area (TPSA) is 69.6 Å². The molecular formula is C7H13NO3.